The van der Waals surface area contributed by atoms with E-state index in [4.69, 9.17) is 5.73 Å². The Morgan fingerprint density at radius 2 is 1.56 bits per heavy atom. The highest BCUT2D eigenvalue weighted by molar-refractivity contribution is 7.90. The van der Waals surface area contributed by atoms with Gasteiger partial charge in [0.25, 0.3) is 10.2 Å². The summed E-state index contributed by atoms with van der Waals surface area (Å²) in [6.45, 7) is 9.00. The van der Waals surface area contributed by atoms with Crippen molar-refractivity contribution in [2.45, 2.75) is 40.2 Å². The normalized spacial score (nSPS) is 12.5. The summed E-state index contributed by atoms with van der Waals surface area (Å²) in [5, 5.41) is 0. The summed E-state index contributed by atoms with van der Waals surface area (Å²) < 4.78 is 29.0. The highest BCUT2D eigenvalue weighted by Crippen LogP contribution is 2.24. The lowest BCUT2D eigenvalue weighted by Gasteiger charge is -2.22. The van der Waals surface area contributed by atoms with Crippen molar-refractivity contribution < 1.29 is 8.42 Å². The molecule has 0 saturated heterocycles. The van der Waals surface area contributed by atoms with Crippen molar-refractivity contribution >= 4 is 21.6 Å². The van der Waals surface area contributed by atoms with E-state index < -0.39 is 15.7 Å². The zero-order valence-electron chi connectivity index (χ0n) is 11.5. The van der Waals surface area contributed by atoms with E-state index in [0.29, 0.717) is 11.4 Å². The second-order valence-electron chi connectivity index (χ2n) is 5.49. The van der Waals surface area contributed by atoms with E-state index in [1.165, 1.54) is 0 Å². The third-order valence-corrected chi connectivity index (χ3v) is 3.59. The Bertz CT molecular complexity index is 522. The van der Waals surface area contributed by atoms with Crippen molar-refractivity contribution in [1.82, 2.24) is 4.72 Å². The fourth-order valence-corrected chi connectivity index (χ4v) is 3.17. The zero-order chi connectivity index (χ0) is 14.1. The average molecular weight is 271 g/mol. The molecule has 1 rings (SSSR count). The van der Waals surface area contributed by atoms with Gasteiger partial charge in [0.05, 0.1) is 5.69 Å². The van der Waals surface area contributed by atoms with Gasteiger partial charge in [0.2, 0.25) is 0 Å². The van der Waals surface area contributed by atoms with Gasteiger partial charge in [0, 0.05) is 11.2 Å². The number of hydrogen-bond donors (Lipinski definition) is 3. The van der Waals surface area contributed by atoms with E-state index in [1.54, 1.807) is 32.9 Å². The summed E-state index contributed by atoms with van der Waals surface area (Å²) in [7, 11) is -3.59. The third kappa shape index (κ3) is 4.19. The van der Waals surface area contributed by atoms with Crippen LogP contribution in [0.2, 0.25) is 0 Å². The molecule has 102 valence electrons. The molecule has 1 aromatic carbocycles. The van der Waals surface area contributed by atoms with Crippen LogP contribution in [0, 0.1) is 13.8 Å². The van der Waals surface area contributed by atoms with E-state index in [1.807, 2.05) is 13.8 Å². The van der Waals surface area contributed by atoms with Gasteiger partial charge in [-0.15, -0.1) is 0 Å². The molecule has 0 unspecified atom stereocenters. The number of hydrogen-bond acceptors (Lipinski definition) is 3. The molecule has 0 aliphatic carbocycles. The van der Waals surface area contributed by atoms with E-state index in [9.17, 15) is 8.42 Å². The van der Waals surface area contributed by atoms with Gasteiger partial charge in [-0.05, 0) is 57.9 Å². The molecule has 0 bridgehead atoms. The minimum atomic E-state index is -3.59. The van der Waals surface area contributed by atoms with Crippen molar-refractivity contribution in [2.75, 3.05) is 10.5 Å². The maximum absolute atomic E-state index is 12.0. The molecule has 6 heteroatoms. The quantitative estimate of drug-likeness (QED) is 0.734. The number of aryl methyl sites for hydroxylation is 2. The van der Waals surface area contributed by atoms with Crippen LogP contribution in [-0.4, -0.2) is 14.0 Å². The Morgan fingerprint density at radius 1 is 1.11 bits per heavy atom. The average Bonchev–Trinajstić information content (AvgIpc) is 2.07. The van der Waals surface area contributed by atoms with Gasteiger partial charge in [-0.3, -0.25) is 4.72 Å². The second kappa shape index (κ2) is 4.78. The molecule has 18 heavy (non-hydrogen) atoms. The number of anilines is 2. The Balaban J connectivity index is 3.06. The van der Waals surface area contributed by atoms with E-state index >= 15 is 0 Å². The van der Waals surface area contributed by atoms with Crippen LogP contribution in [0.3, 0.4) is 0 Å². The summed E-state index contributed by atoms with van der Waals surface area (Å²) in [6.07, 6.45) is 0. The minimum absolute atomic E-state index is 0.526. The van der Waals surface area contributed by atoms with E-state index in [2.05, 4.69) is 9.44 Å². The molecule has 0 heterocycles. The molecular weight excluding hydrogens is 250 g/mol. The van der Waals surface area contributed by atoms with Crippen LogP contribution in [0.25, 0.3) is 0 Å². The molecule has 0 saturated carbocycles. The van der Waals surface area contributed by atoms with Gasteiger partial charge in [0.1, 0.15) is 0 Å². The maximum Gasteiger partial charge on any atom is 0.299 e. The summed E-state index contributed by atoms with van der Waals surface area (Å²) in [5.41, 5.74) is 7.96. The van der Waals surface area contributed by atoms with E-state index in [0.717, 1.165) is 11.1 Å². The van der Waals surface area contributed by atoms with Gasteiger partial charge in [-0.1, -0.05) is 0 Å². The number of nitrogens with two attached hydrogens (primary N) is 1. The first kappa shape index (κ1) is 14.8. The van der Waals surface area contributed by atoms with Gasteiger partial charge < -0.3 is 5.73 Å². The number of nitrogens with one attached hydrogen (secondary N) is 2. The maximum atomic E-state index is 12.0. The number of nitrogen functional groups attached to an aromatic ring is 1. The van der Waals surface area contributed by atoms with Crippen LogP contribution in [0.15, 0.2) is 12.1 Å². The molecule has 0 atom stereocenters. The van der Waals surface area contributed by atoms with Crippen LogP contribution in [0.4, 0.5) is 11.4 Å². The van der Waals surface area contributed by atoms with Gasteiger partial charge >= 0.3 is 0 Å². The molecule has 0 aliphatic heterocycles. The molecule has 0 aliphatic rings. The fraction of sp³-hybridized carbons (Fsp3) is 0.500. The first-order valence-corrected chi connectivity index (χ1v) is 7.17. The van der Waals surface area contributed by atoms with Crippen LogP contribution in [0.1, 0.15) is 31.9 Å². The first-order chi connectivity index (χ1) is 8.00. The smallest absolute Gasteiger partial charge is 0.299 e. The summed E-state index contributed by atoms with van der Waals surface area (Å²) in [6, 6.07) is 3.48. The van der Waals surface area contributed by atoms with E-state index in [-0.39, 0.29) is 0 Å². The molecule has 1 aromatic rings. The Labute approximate surface area is 109 Å². The van der Waals surface area contributed by atoms with Crippen LogP contribution in [0.5, 0.6) is 0 Å². The SMILES string of the molecule is Cc1cc(N)cc(C)c1NS(=O)(=O)NC(C)(C)C. The van der Waals surface area contributed by atoms with Gasteiger partial charge in [-0.25, -0.2) is 0 Å². The predicted octanol–water partition coefficient (Wildman–Crippen LogP) is 1.93. The Kier molecular flexibility index (Phi) is 3.92. The highest BCUT2D eigenvalue weighted by Gasteiger charge is 2.20. The topological polar surface area (TPSA) is 84.2 Å². The summed E-state index contributed by atoms with van der Waals surface area (Å²) >= 11 is 0. The second-order valence-corrected chi connectivity index (χ2v) is 6.90. The molecule has 4 N–H and O–H groups in total. The molecule has 0 radical (unpaired) electrons. The molecule has 0 spiro atoms. The van der Waals surface area contributed by atoms with Gasteiger partial charge in [-0.2, -0.15) is 13.1 Å². The first-order valence-electron chi connectivity index (χ1n) is 5.68. The van der Waals surface area contributed by atoms with Crippen molar-refractivity contribution in [3.63, 3.8) is 0 Å². The minimum Gasteiger partial charge on any atom is -0.399 e. The van der Waals surface area contributed by atoms with Crippen molar-refractivity contribution in [2.24, 2.45) is 0 Å². The van der Waals surface area contributed by atoms with Crippen molar-refractivity contribution in [3.8, 4) is 0 Å². The van der Waals surface area contributed by atoms with Gasteiger partial charge in [0.15, 0.2) is 0 Å². The number of benzene rings is 1. The molecule has 0 aromatic heterocycles. The largest absolute Gasteiger partial charge is 0.399 e. The lowest BCUT2D eigenvalue weighted by Crippen LogP contribution is -2.43. The summed E-state index contributed by atoms with van der Waals surface area (Å²) in [5.74, 6) is 0. The predicted molar refractivity (Wildman–Crippen MR) is 75.8 cm³/mol. The summed E-state index contributed by atoms with van der Waals surface area (Å²) in [4.78, 5) is 0. The lowest BCUT2D eigenvalue weighted by molar-refractivity contribution is 0.494. The fourth-order valence-electron chi connectivity index (χ4n) is 1.72. The molecule has 5 nitrogen and oxygen atoms in total. The third-order valence-electron chi connectivity index (χ3n) is 2.23. The lowest BCUT2D eigenvalue weighted by atomic mass is 10.1. The Hall–Kier alpha value is -1.27. The molecular formula is C12H21N3O2S. The molecule has 0 fully saturated rings. The molecule has 0 amide bonds. The van der Waals surface area contributed by atoms with Crippen molar-refractivity contribution in [3.05, 3.63) is 23.3 Å². The highest BCUT2D eigenvalue weighted by atomic mass is 32.2. The van der Waals surface area contributed by atoms with Crippen LogP contribution >= 0.6 is 0 Å². The van der Waals surface area contributed by atoms with Crippen LogP contribution < -0.4 is 15.2 Å². The number of rotatable bonds is 3. The van der Waals surface area contributed by atoms with Crippen molar-refractivity contribution in [1.29, 1.82) is 0 Å². The van der Waals surface area contributed by atoms with Crippen LogP contribution in [-0.2, 0) is 10.2 Å². The monoisotopic (exact) mass is 271 g/mol. The Morgan fingerprint density at radius 3 is 1.94 bits per heavy atom. The standard InChI is InChI=1S/C12H21N3O2S/c1-8-6-10(13)7-9(2)11(8)14-18(16,17)15-12(3,4)5/h6-7,14-15H,13H2,1-5H3. The zero-order valence-corrected chi connectivity index (χ0v) is 12.3.